The third kappa shape index (κ3) is 2.82. The van der Waals surface area contributed by atoms with Crippen LogP contribution in [0.15, 0.2) is 28.9 Å². The number of rotatable bonds is 4. The van der Waals surface area contributed by atoms with Gasteiger partial charge in [0.25, 0.3) is 5.24 Å². The quantitative estimate of drug-likeness (QED) is 0.782. The van der Waals surface area contributed by atoms with Crippen molar-refractivity contribution in [3.63, 3.8) is 0 Å². The molecule has 0 aliphatic carbocycles. The summed E-state index contributed by atoms with van der Waals surface area (Å²) in [6.07, 6.45) is 0. The Balaban J connectivity index is 2.07. The van der Waals surface area contributed by atoms with Crippen LogP contribution in [-0.2, 0) is 6.61 Å². The fourth-order valence-electron chi connectivity index (χ4n) is 1.24. The molecule has 0 aliphatic heterocycles. The number of halogens is 1. The van der Waals surface area contributed by atoms with Crippen LogP contribution in [0.1, 0.15) is 21.7 Å². The highest BCUT2D eigenvalue weighted by atomic mass is 35.5. The average Bonchev–Trinajstić information content (AvgIpc) is 2.72. The van der Waals surface area contributed by atoms with Crippen molar-refractivity contribution in [3.05, 3.63) is 41.2 Å². The first-order chi connectivity index (χ1) is 8.16. The molecule has 0 aliphatic rings. The van der Waals surface area contributed by atoms with Gasteiger partial charge in [0.1, 0.15) is 23.7 Å². The van der Waals surface area contributed by atoms with Gasteiger partial charge in [-0.1, -0.05) is 16.4 Å². The summed E-state index contributed by atoms with van der Waals surface area (Å²) < 4.78 is 9.99. The second-order valence-corrected chi connectivity index (χ2v) is 3.73. The van der Waals surface area contributed by atoms with Crippen molar-refractivity contribution in [1.29, 1.82) is 0 Å². The summed E-state index contributed by atoms with van der Waals surface area (Å²) in [4.78, 5) is 11.0. The Labute approximate surface area is 102 Å². The van der Waals surface area contributed by atoms with E-state index in [2.05, 4.69) is 14.9 Å². The molecule has 1 heterocycles. The van der Waals surface area contributed by atoms with E-state index in [0.29, 0.717) is 22.7 Å². The number of aryl methyl sites for hydroxylation is 1. The number of aromatic nitrogens is 2. The van der Waals surface area contributed by atoms with Gasteiger partial charge < -0.3 is 4.74 Å². The Morgan fingerprint density at radius 2 is 2.29 bits per heavy atom. The number of hydrogen-bond donors (Lipinski definition) is 0. The molecule has 0 N–H and O–H groups in total. The molecule has 0 atom stereocenters. The van der Waals surface area contributed by atoms with Crippen LogP contribution in [0.3, 0.4) is 0 Å². The van der Waals surface area contributed by atoms with Gasteiger partial charge in [-0.05, 0) is 36.7 Å². The molecule has 0 radical (unpaired) electrons. The van der Waals surface area contributed by atoms with Gasteiger partial charge in [0.05, 0.1) is 0 Å². The lowest BCUT2D eigenvalue weighted by molar-refractivity contribution is 0.108. The molecule has 17 heavy (non-hydrogen) atoms. The van der Waals surface area contributed by atoms with Gasteiger partial charge >= 0.3 is 0 Å². The third-order valence-corrected chi connectivity index (χ3v) is 2.40. The fourth-order valence-corrected chi connectivity index (χ4v) is 1.36. The van der Waals surface area contributed by atoms with Crippen molar-refractivity contribution in [2.45, 2.75) is 13.5 Å². The predicted octanol–water partition coefficient (Wildman–Crippen LogP) is 2.34. The first-order valence-corrected chi connectivity index (χ1v) is 5.25. The maximum absolute atomic E-state index is 11.0. The van der Waals surface area contributed by atoms with Gasteiger partial charge in [0.15, 0.2) is 0 Å². The lowest BCUT2D eigenvalue weighted by atomic mass is 10.2. The Kier molecular flexibility index (Phi) is 3.39. The smallest absolute Gasteiger partial charge is 0.252 e. The molecule has 0 bridgehead atoms. The van der Waals surface area contributed by atoms with Crippen molar-refractivity contribution < 1.29 is 14.2 Å². The Hall–Kier alpha value is -1.88. The lowest BCUT2D eigenvalue weighted by Gasteiger charge is -2.04. The largest absolute Gasteiger partial charge is 0.487 e. The molecule has 0 fully saturated rings. The predicted molar refractivity (Wildman–Crippen MR) is 60.0 cm³/mol. The van der Waals surface area contributed by atoms with Gasteiger partial charge in [-0.15, -0.1) is 0 Å². The van der Waals surface area contributed by atoms with Gasteiger partial charge in [-0.25, -0.2) is 4.63 Å². The molecule has 0 saturated carbocycles. The van der Waals surface area contributed by atoms with Crippen LogP contribution < -0.4 is 4.74 Å². The standard InChI is InChI=1S/C11H9ClN2O3/c1-7-10(14-17-13-7)6-16-9-4-2-3-8(5-9)11(12)15/h2-5H,6H2,1H3. The summed E-state index contributed by atoms with van der Waals surface area (Å²) in [5.41, 5.74) is 1.68. The zero-order chi connectivity index (χ0) is 12.3. The zero-order valence-corrected chi connectivity index (χ0v) is 9.77. The van der Waals surface area contributed by atoms with Gasteiger partial charge in [0.2, 0.25) is 0 Å². The van der Waals surface area contributed by atoms with Crippen LogP contribution >= 0.6 is 11.6 Å². The summed E-state index contributed by atoms with van der Waals surface area (Å²) in [5, 5.41) is 6.80. The first kappa shape index (κ1) is 11.6. The molecule has 1 aromatic heterocycles. The number of hydrogen-bond acceptors (Lipinski definition) is 5. The minimum absolute atomic E-state index is 0.231. The highest BCUT2D eigenvalue weighted by molar-refractivity contribution is 6.67. The highest BCUT2D eigenvalue weighted by Crippen LogP contribution is 2.16. The molecule has 88 valence electrons. The van der Waals surface area contributed by atoms with E-state index in [-0.39, 0.29) is 6.61 Å². The molecule has 0 unspecified atom stereocenters. The molecule has 0 amide bonds. The topological polar surface area (TPSA) is 65.2 Å². The van der Waals surface area contributed by atoms with Crippen molar-refractivity contribution in [2.24, 2.45) is 0 Å². The van der Waals surface area contributed by atoms with E-state index in [9.17, 15) is 4.79 Å². The van der Waals surface area contributed by atoms with E-state index in [4.69, 9.17) is 16.3 Å². The van der Waals surface area contributed by atoms with Crippen LogP contribution in [0, 0.1) is 6.92 Å². The number of ether oxygens (including phenoxy) is 1. The van der Waals surface area contributed by atoms with E-state index in [1.807, 2.05) is 0 Å². The molecular formula is C11H9ClN2O3. The second kappa shape index (κ2) is 4.97. The second-order valence-electron chi connectivity index (χ2n) is 3.39. The first-order valence-electron chi connectivity index (χ1n) is 4.87. The van der Waals surface area contributed by atoms with E-state index in [1.165, 1.54) is 0 Å². The normalized spacial score (nSPS) is 10.2. The molecule has 2 aromatic rings. The Bertz CT molecular complexity index is 539. The molecule has 1 aromatic carbocycles. The summed E-state index contributed by atoms with van der Waals surface area (Å²) in [6, 6.07) is 6.61. The van der Waals surface area contributed by atoms with E-state index < -0.39 is 5.24 Å². The summed E-state index contributed by atoms with van der Waals surface area (Å²) in [7, 11) is 0. The van der Waals surface area contributed by atoms with Crippen LogP contribution in [0.5, 0.6) is 5.75 Å². The maximum Gasteiger partial charge on any atom is 0.252 e. The molecule has 6 heteroatoms. The Morgan fingerprint density at radius 1 is 1.47 bits per heavy atom. The van der Waals surface area contributed by atoms with Crippen molar-refractivity contribution in [1.82, 2.24) is 10.3 Å². The zero-order valence-electron chi connectivity index (χ0n) is 9.01. The summed E-state index contributed by atoms with van der Waals surface area (Å²) in [5.74, 6) is 0.541. The molecule has 0 saturated heterocycles. The minimum atomic E-state index is -0.519. The van der Waals surface area contributed by atoms with Crippen LogP contribution in [0.25, 0.3) is 0 Å². The molecule has 2 rings (SSSR count). The number of nitrogens with zero attached hydrogens (tertiary/aromatic N) is 2. The number of benzene rings is 1. The Morgan fingerprint density at radius 3 is 2.94 bits per heavy atom. The maximum atomic E-state index is 11.0. The molecule has 5 nitrogen and oxygen atoms in total. The van der Waals surface area contributed by atoms with E-state index in [0.717, 1.165) is 0 Å². The molecule has 0 spiro atoms. The number of carbonyl (C=O) groups excluding carboxylic acids is 1. The van der Waals surface area contributed by atoms with Crippen LogP contribution in [0.2, 0.25) is 0 Å². The third-order valence-electron chi connectivity index (χ3n) is 2.18. The monoisotopic (exact) mass is 252 g/mol. The van der Waals surface area contributed by atoms with Gasteiger partial charge in [-0.2, -0.15) is 0 Å². The fraction of sp³-hybridized carbons (Fsp3) is 0.182. The van der Waals surface area contributed by atoms with E-state index >= 15 is 0 Å². The van der Waals surface area contributed by atoms with Crippen LogP contribution in [-0.4, -0.2) is 15.6 Å². The summed E-state index contributed by atoms with van der Waals surface area (Å²) in [6.45, 7) is 2.00. The average molecular weight is 253 g/mol. The van der Waals surface area contributed by atoms with Crippen LogP contribution in [0.4, 0.5) is 0 Å². The number of carbonyl (C=O) groups is 1. The van der Waals surface area contributed by atoms with Crippen molar-refractivity contribution >= 4 is 16.8 Å². The van der Waals surface area contributed by atoms with Crippen molar-refractivity contribution in [2.75, 3.05) is 0 Å². The molecular weight excluding hydrogens is 244 g/mol. The summed E-state index contributed by atoms with van der Waals surface area (Å²) >= 11 is 5.37. The van der Waals surface area contributed by atoms with E-state index in [1.54, 1.807) is 31.2 Å². The minimum Gasteiger partial charge on any atom is -0.487 e. The lowest BCUT2D eigenvalue weighted by Crippen LogP contribution is -1.98. The van der Waals surface area contributed by atoms with Gasteiger partial charge in [0, 0.05) is 5.56 Å². The van der Waals surface area contributed by atoms with Crippen molar-refractivity contribution in [3.8, 4) is 5.75 Å². The highest BCUT2D eigenvalue weighted by Gasteiger charge is 2.07. The van der Waals surface area contributed by atoms with Gasteiger partial charge in [-0.3, -0.25) is 4.79 Å². The SMILES string of the molecule is Cc1nonc1COc1cccc(C(=O)Cl)c1.